The lowest BCUT2D eigenvalue weighted by Gasteiger charge is -2.30. The van der Waals surface area contributed by atoms with Crippen molar-refractivity contribution < 1.29 is 17.9 Å². The molecule has 0 spiro atoms. The second-order valence-corrected chi connectivity index (χ2v) is 5.23. The molecule has 0 amide bonds. The zero-order chi connectivity index (χ0) is 14.6. The molecule has 112 valence electrons. The fourth-order valence-corrected chi connectivity index (χ4v) is 2.51. The van der Waals surface area contributed by atoms with Crippen molar-refractivity contribution in [2.75, 3.05) is 32.0 Å². The third kappa shape index (κ3) is 4.92. The van der Waals surface area contributed by atoms with Crippen LogP contribution in [0, 0.1) is 5.92 Å². The maximum atomic E-state index is 12.1. The number of anilines is 1. The summed E-state index contributed by atoms with van der Waals surface area (Å²) in [6.45, 7) is 2.90. The third-order valence-electron chi connectivity index (χ3n) is 3.38. The predicted molar refractivity (Wildman–Crippen MR) is 71.8 cm³/mol. The SMILES string of the molecule is CN1CCCC(CNc2cccc(OC(F)(F)F)c2)C1. The molecule has 0 radical (unpaired) electrons. The quantitative estimate of drug-likeness (QED) is 0.919. The average Bonchev–Trinajstić information content (AvgIpc) is 2.35. The van der Waals surface area contributed by atoms with Gasteiger partial charge in [0, 0.05) is 24.8 Å². The van der Waals surface area contributed by atoms with Gasteiger partial charge in [0.2, 0.25) is 0 Å². The van der Waals surface area contributed by atoms with Crippen molar-refractivity contribution in [3.8, 4) is 5.75 Å². The maximum absolute atomic E-state index is 12.1. The topological polar surface area (TPSA) is 24.5 Å². The molecule has 1 N–H and O–H groups in total. The van der Waals surface area contributed by atoms with E-state index in [0.717, 1.165) is 26.1 Å². The minimum absolute atomic E-state index is 0.191. The van der Waals surface area contributed by atoms with Crippen LogP contribution in [-0.2, 0) is 0 Å². The monoisotopic (exact) mass is 288 g/mol. The minimum atomic E-state index is -4.65. The number of alkyl halides is 3. The van der Waals surface area contributed by atoms with Crippen LogP contribution in [0.5, 0.6) is 5.75 Å². The van der Waals surface area contributed by atoms with Gasteiger partial charge in [-0.15, -0.1) is 13.2 Å². The largest absolute Gasteiger partial charge is 0.573 e. The molecule has 3 nitrogen and oxygen atoms in total. The zero-order valence-electron chi connectivity index (χ0n) is 11.4. The van der Waals surface area contributed by atoms with Crippen LogP contribution in [0.2, 0.25) is 0 Å². The summed E-state index contributed by atoms with van der Waals surface area (Å²) in [5.74, 6) is 0.337. The average molecular weight is 288 g/mol. The zero-order valence-corrected chi connectivity index (χ0v) is 11.4. The van der Waals surface area contributed by atoms with Gasteiger partial charge in [-0.2, -0.15) is 0 Å². The number of halogens is 3. The molecule has 1 aromatic rings. The van der Waals surface area contributed by atoms with Crippen LogP contribution in [-0.4, -0.2) is 37.9 Å². The molecule has 1 aliphatic rings. The first kappa shape index (κ1) is 15.0. The fraction of sp³-hybridized carbons (Fsp3) is 0.571. The highest BCUT2D eigenvalue weighted by Gasteiger charge is 2.31. The highest BCUT2D eigenvalue weighted by Crippen LogP contribution is 2.25. The molecule has 1 heterocycles. The normalized spacial score (nSPS) is 20.7. The molecule has 0 bridgehead atoms. The molecule has 1 aromatic carbocycles. The van der Waals surface area contributed by atoms with E-state index in [1.165, 1.54) is 18.6 Å². The van der Waals surface area contributed by atoms with Crippen LogP contribution in [0.25, 0.3) is 0 Å². The Balaban J connectivity index is 1.88. The molecule has 0 saturated carbocycles. The molecule has 0 aromatic heterocycles. The fourth-order valence-electron chi connectivity index (χ4n) is 2.51. The van der Waals surface area contributed by atoms with Gasteiger partial charge in [0.05, 0.1) is 0 Å². The van der Waals surface area contributed by atoms with Crippen molar-refractivity contribution in [1.29, 1.82) is 0 Å². The van der Waals surface area contributed by atoms with Crippen molar-refractivity contribution in [3.05, 3.63) is 24.3 Å². The van der Waals surface area contributed by atoms with Crippen molar-refractivity contribution in [1.82, 2.24) is 4.90 Å². The minimum Gasteiger partial charge on any atom is -0.406 e. The summed E-state index contributed by atoms with van der Waals surface area (Å²) in [6.07, 6.45) is -2.33. The summed E-state index contributed by atoms with van der Waals surface area (Å²) in [5, 5.41) is 3.19. The Hall–Kier alpha value is -1.43. The summed E-state index contributed by atoms with van der Waals surface area (Å²) in [6, 6.07) is 5.97. The lowest BCUT2D eigenvalue weighted by Crippen LogP contribution is -2.35. The van der Waals surface area contributed by atoms with Gasteiger partial charge < -0.3 is 15.0 Å². The van der Waals surface area contributed by atoms with E-state index in [1.807, 2.05) is 0 Å². The predicted octanol–water partition coefficient (Wildman–Crippen LogP) is 3.34. The summed E-state index contributed by atoms with van der Waals surface area (Å²) < 4.78 is 40.3. The van der Waals surface area contributed by atoms with E-state index in [9.17, 15) is 13.2 Å². The first-order chi connectivity index (χ1) is 9.42. The van der Waals surface area contributed by atoms with Gasteiger partial charge in [0.25, 0.3) is 0 Å². The second-order valence-electron chi connectivity index (χ2n) is 5.23. The molecule has 0 aliphatic carbocycles. The number of likely N-dealkylation sites (tertiary alicyclic amines) is 1. The van der Waals surface area contributed by atoms with Crippen molar-refractivity contribution in [2.24, 2.45) is 5.92 Å². The van der Waals surface area contributed by atoms with Crippen molar-refractivity contribution in [3.63, 3.8) is 0 Å². The van der Waals surface area contributed by atoms with Gasteiger partial charge in [-0.3, -0.25) is 0 Å². The first-order valence-corrected chi connectivity index (χ1v) is 6.70. The molecule has 1 saturated heterocycles. The second kappa shape index (κ2) is 6.35. The number of nitrogens with one attached hydrogen (secondary N) is 1. The Bertz CT molecular complexity index is 437. The molecule has 2 rings (SSSR count). The molecule has 1 aliphatic heterocycles. The summed E-state index contributed by atoms with van der Waals surface area (Å²) in [4.78, 5) is 2.28. The van der Waals surface area contributed by atoms with E-state index in [4.69, 9.17) is 0 Å². The molecule has 1 atom stereocenters. The molecule has 1 unspecified atom stereocenters. The highest BCUT2D eigenvalue weighted by molar-refractivity contribution is 5.48. The standard InChI is InChI=1S/C14H19F3N2O/c1-19-7-3-4-11(10-19)9-18-12-5-2-6-13(8-12)20-14(15,16)17/h2,5-6,8,11,18H,3-4,7,9-10H2,1H3. The van der Waals surface area contributed by atoms with Gasteiger partial charge >= 0.3 is 6.36 Å². The first-order valence-electron chi connectivity index (χ1n) is 6.70. The maximum Gasteiger partial charge on any atom is 0.573 e. The van der Waals surface area contributed by atoms with E-state index < -0.39 is 6.36 Å². The Labute approximate surface area is 116 Å². The summed E-state index contributed by atoms with van der Waals surface area (Å²) >= 11 is 0. The Kier molecular flexibility index (Phi) is 4.75. The Morgan fingerprint density at radius 2 is 2.20 bits per heavy atom. The van der Waals surface area contributed by atoms with Crippen molar-refractivity contribution >= 4 is 5.69 Å². The van der Waals surface area contributed by atoms with Crippen molar-refractivity contribution in [2.45, 2.75) is 19.2 Å². The number of hydrogen-bond acceptors (Lipinski definition) is 3. The van der Waals surface area contributed by atoms with Crippen LogP contribution in [0.3, 0.4) is 0 Å². The number of hydrogen-bond donors (Lipinski definition) is 1. The van der Waals surface area contributed by atoms with Crippen LogP contribution in [0.15, 0.2) is 24.3 Å². The lowest BCUT2D eigenvalue weighted by atomic mass is 9.98. The number of nitrogens with zero attached hydrogens (tertiary/aromatic N) is 1. The third-order valence-corrected chi connectivity index (χ3v) is 3.38. The van der Waals surface area contributed by atoms with Gasteiger partial charge in [-0.25, -0.2) is 0 Å². The van der Waals surface area contributed by atoms with Gasteiger partial charge in [0.15, 0.2) is 0 Å². The molecular weight excluding hydrogens is 269 g/mol. The van der Waals surface area contributed by atoms with E-state index >= 15 is 0 Å². The Morgan fingerprint density at radius 3 is 2.90 bits per heavy atom. The van der Waals surface area contributed by atoms with Gasteiger partial charge in [-0.05, 0) is 44.5 Å². The van der Waals surface area contributed by atoms with E-state index in [0.29, 0.717) is 11.6 Å². The van der Waals surface area contributed by atoms with Crippen LogP contribution < -0.4 is 10.1 Å². The highest BCUT2D eigenvalue weighted by atomic mass is 19.4. The van der Waals surface area contributed by atoms with Crippen LogP contribution in [0.1, 0.15) is 12.8 Å². The van der Waals surface area contributed by atoms with Crippen LogP contribution in [0.4, 0.5) is 18.9 Å². The Morgan fingerprint density at radius 1 is 1.40 bits per heavy atom. The molecule has 6 heteroatoms. The lowest BCUT2D eigenvalue weighted by molar-refractivity contribution is -0.274. The number of rotatable bonds is 4. The smallest absolute Gasteiger partial charge is 0.406 e. The van der Waals surface area contributed by atoms with Crippen LogP contribution >= 0.6 is 0 Å². The molecule has 1 fully saturated rings. The summed E-state index contributed by atoms with van der Waals surface area (Å²) in [5.41, 5.74) is 0.653. The van der Waals surface area contributed by atoms with Gasteiger partial charge in [0.1, 0.15) is 5.75 Å². The van der Waals surface area contributed by atoms with E-state index in [2.05, 4.69) is 22.0 Å². The summed E-state index contributed by atoms with van der Waals surface area (Å²) in [7, 11) is 2.09. The van der Waals surface area contributed by atoms with E-state index in [1.54, 1.807) is 12.1 Å². The van der Waals surface area contributed by atoms with Gasteiger partial charge in [-0.1, -0.05) is 6.07 Å². The number of ether oxygens (including phenoxy) is 1. The molecular formula is C14H19F3N2O. The number of piperidine rings is 1. The number of benzene rings is 1. The molecule has 20 heavy (non-hydrogen) atoms. The van der Waals surface area contributed by atoms with E-state index in [-0.39, 0.29) is 5.75 Å².